The van der Waals surface area contributed by atoms with Gasteiger partial charge >= 0.3 is 0 Å². The van der Waals surface area contributed by atoms with Gasteiger partial charge in [0.2, 0.25) is 0 Å². The molecule has 4 aromatic rings. The van der Waals surface area contributed by atoms with Crippen molar-refractivity contribution in [3.05, 3.63) is 72.8 Å². The molecular weight excluding hydrogens is 272 g/mol. The summed E-state index contributed by atoms with van der Waals surface area (Å²) in [5.41, 5.74) is 3.33. The van der Waals surface area contributed by atoms with Crippen LogP contribution in [0.4, 0.5) is 11.4 Å². The summed E-state index contributed by atoms with van der Waals surface area (Å²) < 4.78 is 0. The van der Waals surface area contributed by atoms with Gasteiger partial charge in [-0.25, -0.2) is 4.98 Å². The van der Waals surface area contributed by atoms with Crippen molar-refractivity contribution in [1.82, 2.24) is 4.98 Å². The summed E-state index contributed by atoms with van der Waals surface area (Å²) in [5.74, 6) is 0.222. The minimum Gasteiger partial charge on any atom is -0.505 e. The number of hydrogen-bond acceptors (Lipinski definition) is 3. The Morgan fingerprint density at radius 3 is 2.41 bits per heavy atom. The van der Waals surface area contributed by atoms with Crippen LogP contribution in [0.3, 0.4) is 0 Å². The fourth-order valence-electron chi connectivity index (χ4n) is 2.61. The van der Waals surface area contributed by atoms with Gasteiger partial charge in [0.25, 0.3) is 0 Å². The van der Waals surface area contributed by atoms with E-state index in [4.69, 9.17) is 0 Å². The van der Waals surface area contributed by atoms with Crippen molar-refractivity contribution in [3.8, 4) is 5.75 Å². The molecule has 0 saturated heterocycles. The fraction of sp³-hybridized carbons (Fsp3) is 0. The number of benzene rings is 3. The molecule has 0 spiro atoms. The Morgan fingerprint density at radius 1 is 0.773 bits per heavy atom. The summed E-state index contributed by atoms with van der Waals surface area (Å²) in [6.07, 6.45) is 0. The molecule has 106 valence electrons. The SMILES string of the molecule is Oc1c(Nc2ccccc2)ccc2nc3ccccc3cc12. The summed E-state index contributed by atoms with van der Waals surface area (Å²) >= 11 is 0. The quantitative estimate of drug-likeness (QED) is 0.409. The van der Waals surface area contributed by atoms with Crippen LogP contribution in [0, 0.1) is 0 Å². The van der Waals surface area contributed by atoms with Crippen molar-refractivity contribution in [2.24, 2.45) is 0 Å². The zero-order chi connectivity index (χ0) is 14.9. The van der Waals surface area contributed by atoms with Gasteiger partial charge in [0, 0.05) is 16.5 Å². The Kier molecular flexibility index (Phi) is 2.90. The fourth-order valence-corrected chi connectivity index (χ4v) is 2.61. The van der Waals surface area contributed by atoms with Crippen LogP contribution >= 0.6 is 0 Å². The second-order valence-corrected chi connectivity index (χ2v) is 5.20. The average molecular weight is 286 g/mol. The number of phenols is 1. The first-order valence-corrected chi connectivity index (χ1v) is 7.15. The van der Waals surface area contributed by atoms with Crippen LogP contribution in [-0.2, 0) is 0 Å². The summed E-state index contributed by atoms with van der Waals surface area (Å²) in [5, 5.41) is 15.6. The molecule has 0 amide bonds. The molecule has 0 aliphatic carbocycles. The third-order valence-corrected chi connectivity index (χ3v) is 3.72. The number of rotatable bonds is 2. The number of pyridine rings is 1. The molecule has 0 atom stereocenters. The van der Waals surface area contributed by atoms with Gasteiger partial charge in [-0.3, -0.25) is 0 Å². The number of aromatic hydroxyl groups is 1. The van der Waals surface area contributed by atoms with Crippen molar-refractivity contribution < 1.29 is 5.11 Å². The monoisotopic (exact) mass is 286 g/mol. The predicted octanol–water partition coefficient (Wildman–Crippen LogP) is 4.84. The molecular formula is C19H14N2O. The van der Waals surface area contributed by atoms with Crippen molar-refractivity contribution >= 4 is 33.2 Å². The molecule has 0 radical (unpaired) electrons. The van der Waals surface area contributed by atoms with Crippen LogP contribution in [-0.4, -0.2) is 10.1 Å². The van der Waals surface area contributed by atoms with Crippen LogP contribution in [0.5, 0.6) is 5.75 Å². The predicted molar refractivity (Wildman–Crippen MR) is 90.6 cm³/mol. The topological polar surface area (TPSA) is 45.1 Å². The highest BCUT2D eigenvalue weighted by Gasteiger charge is 2.09. The molecule has 0 saturated carbocycles. The lowest BCUT2D eigenvalue weighted by molar-refractivity contribution is 0.484. The maximum atomic E-state index is 10.6. The van der Waals surface area contributed by atoms with E-state index >= 15 is 0 Å². The standard InChI is InChI=1S/C19H14N2O/c22-19-15-12-13-6-4-5-9-16(13)21-17(15)10-11-18(19)20-14-7-2-1-3-8-14/h1-12,20,22H. The van der Waals surface area contributed by atoms with Crippen LogP contribution in [0.1, 0.15) is 0 Å². The number of anilines is 2. The molecule has 22 heavy (non-hydrogen) atoms. The van der Waals surface area contributed by atoms with Gasteiger partial charge in [0.15, 0.2) is 0 Å². The third-order valence-electron chi connectivity index (χ3n) is 3.72. The summed E-state index contributed by atoms with van der Waals surface area (Å²) in [7, 11) is 0. The summed E-state index contributed by atoms with van der Waals surface area (Å²) in [6.45, 7) is 0. The van der Waals surface area contributed by atoms with Gasteiger partial charge in [-0.1, -0.05) is 36.4 Å². The Hall–Kier alpha value is -3.07. The number of aromatic nitrogens is 1. The van der Waals surface area contributed by atoms with E-state index in [0.29, 0.717) is 5.69 Å². The summed E-state index contributed by atoms with van der Waals surface area (Å²) in [6, 6.07) is 23.4. The Labute approximate surface area is 127 Å². The van der Waals surface area contributed by atoms with Crippen molar-refractivity contribution in [2.75, 3.05) is 5.32 Å². The van der Waals surface area contributed by atoms with Gasteiger partial charge in [-0.15, -0.1) is 0 Å². The molecule has 1 aromatic heterocycles. The minimum absolute atomic E-state index is 0.222. The zero-order valence-electron chi connectivity index (χ0n) is 11.8. The lowest BCUT2D eigenvalue weighted by Crippen LogP contribution is -1.92. The Bertz CT molecular complexity index is 965. The Balaban J connectivity index is 1.87. The molecule has 3 nitrogen and oxygen atoms in total. The molecule has 4 rings (SSSR count). The largest absolute Gasteiger partial charge is 0.505 e. The van der Waals surface area contributed by atoms with Crippen molar-refractivity contribution in [3.63, 3.8) is 0 Å². The Morgan fingerprint density at radius 2 is 1.55 bits per heavy atom. The van der Waals surface area contributed by atoms with E-state index < -0.39 is 0 Å². The smallest absolute Gasteiger partial charge is 0.148 e. The third kappa shape index (κ3) is 2.13. The first kappa shape index (κ1) is 12.7. The van der Waals surface area contributed by atoms with Crippen LogP contribution < -0.4 is 5.32 Å². The second kappa shape index (κ2) is 5.04. The molecule has 0 aliphatic heterocycles. The van der Waals surface area contributed by atoms with E-state index in [9.17, 15) is 5.11 Å². The first-order valence-electron chi connectivity index (χ1n) is 7.15. The van der Waals surface area contributed by atoms with Crippen LogP contribution in [0.25, 0.3) is 21.8 Å². The number of para-hydroxylation sites is 2. The normalized spacial score (nSPS) is 10.9. The van der Waals surface area contributed by atoms with Crippen LogP contribution in [0.15, 0.2) is 72.8 Å². The zero-order valence-corrected chi connectivity index (χ0v) is 11.8. The van der Waals surface area contributed by atoms with Gasteiger partial charge in [-0.05, 0) is 36.4 Å². The average Bonchev–Trinajstić information content (AvgIpc) is 2.57. The molecule has 0 aliphatic rings. The van der Waals surface area contributed by atoms with Gasteiger partial charge in [-0.2, -0.15) is 0 Å². The van der Waals surface area contributed by atoms with E-state index in [1.807, 2.05) is 72.8 Å². The number of fused-ring (bicyclic) bond motifs is 2. The highest BCUT2D eigenvalue weighted by molar-refractivity contribution is 5.99. The molecule has 3 heteroatoms. The van der Waals surface area contributed by atoms with Crippen LogP contribution in [0.2, 0.25) is 0 Å². The molecule has 2 N–H and O–H groups in total. The summed E-state index contributed by atoms with van der Waals surface area (Å²) in [4.78, 5) is 4.60. The highest BCUT2D eigenvalue weighted by atomic mass is 16.3. The maximum absolute atomic E-state index is 10.6. The number of nitrogens with zero attached hydrogens (tertiary/aromatic N) is 1. The van der Waals surface area contributed by atoms with E-state index in [1.54, 1.807) is 0 Å². The van der Waals surface area contributed by atoms with E-state index in [-0.39, 0.29) is 5.75 Å². The lowest BCUT2D eigenvalue weighted by atomic mass is 10.1. The lowest BCUT2D eigenvalue weighted by Gasteiger charge is -2.11. The maximum Gasteiger partial charge on any atom is 0.148 e. The first-order chi connectivity index (χ1) is 10.8. The molecule has 0 bridgehead atoms. The minimum atomic E-state index is 0.222. The van der Waals surface area contributed by atoms with E-state index in [2.05, 4.69) is 10.3 Å². The molecule has 1 heterocycles. The molecule has 0 fully saturated rings. The van der Waals surface area contributed by atoms with Gasteiger partial charge < -0.3 is 10.4 Å². The molecule has 3 aromatic carbocycles. The van der Waals surface area contributed by atoms with Gasteiger partial charge in [0.1, 0.15) is 5.75 Å². The second-order valence-electron chi connectivity index (χ2n) is 5.20. The number of nitrogens with one attached hydrogen (secondary N) is 1. The van der Waals surface area contributed by atoms with Crippen molar-refractivity contribution in [1.29, 1.82) is 0 Å². The number of phenolic OH excluding ortho intramolecular Hbond substituents is 1. The van der Waals surface area contributed by atoms with Gasteiger partial charge in [0.05, 0.1) is 16.7 Å². The van der Waals surface area contributed by atoms with E-state index in [0.717, 1.165) is 27.5 Å². The molecule has 0 unspecified atom stereocenters. The number of hydrogen-bond donors (Lipinski definition) is 2. The van der Waals surface area contributed by atoms with Crippen molar-refractivity contribution in [2.45, 2.75) is 0 Å². The highest BCUT2D eigenvalue weighted by Crippen LogP contribution is 2.35. The van der Waals surface area contributed by atoms with E-state index in [1.165, 1.54) is 0 Å².